The Morgan fingerprint density at radius 3 is 2.35 bits per heavy atom. The van der Waals surface area contributed by atoms with E-state index in [4.69, 9.17) is 15.3 Å². The monoisotopic (exact) mass is 471 g/mol. The molecule has 0 radical (unpaired) electrons. The van der Waals surface area contributed by atoms with E-state index in [1.165, 1.54) is 11.1 Å². The molecule has 0 atom stereocenters. The molecule has 0 saturated heterocycles. The molecular formula is C27H33N5OSi. The van der Waals surface area contributed by atoms with Crippen molar-refractivity contribution in [1.29, 1.82) is 10.5 Å². The van der Waals surface area contributed by atoms with Crippen LogP contribution >= 0.6 is 0 Å². The van der Waals surface area contributed by atoms with Gasteiger partial charge < -0.3 is 4.74 Å². The van der Waals surface area contributed by atoms with Crippen LogP contribution in [0.4, 0.5) is 0 Å². The van der Waals surface area contributed by atoms with Crippen molar-refractivity contribution in [3.05, 3.63) is 64.3 Å². The SMILES string of the molecule is CCC1=NCc2ccc(C#N)cc21.CCc1nn(COCC[Si](C)(C)C)c2ccc(C#N)cc12. The number of benzene rings is 2. The average Bonchev–Trinajstić information content (AvgIpc) is 3.41. The van der Waals surface area contributed by atoms with Crippen molar-refractivity contribution in [2.24, 2.45) is 4.99 Å². The second-order valence-corrected chi connectivity index (χ2v) is 15.2. The first kappa shape index (κ1) is 25.4. The van der Waals surface area contributed by atoms with Crippen molar-refractivity contribution in [3.63, 3.8) is 0 Å². The molecule has 7 heteroatoms. The van der Waals surface area contributed by atoms with Crippen LogP contribution in [-0.2, 0) is 24.4 Å². The summed E-state index contributed by atoms with van der Waals surface area (Å²) in [5, 5.41) is 23.4. The van der Waals surface area contributed by atoms with Gasteiger partial charge in [0.2, 0.25) is 0 Å². The van der Waals surface area contributed by atoms with Gasteiger partial charge in [-0.2, -0.15) is 15.6 Å². The number of nitriles is 2. The zero-order chi connectivity index (χ0) is 24.7. The molecule has 0 N–H and O–H groups in total. The summed E-state index contributed by atoms with van der Waals surface area (Å²) in [6.07, 6.45) is 1.80. The molecule has 0 saturated carbocycles. The first-order valence-electron chi connectivity index (χ1n) is 11.8. The quantitative estimate of drug-likeness (QED) is 0.310. The van der Waals surface area contributed by atoms with Crippen LogP contribution < -0.4 is 0 Å². The van der Waals surface area contributed by atoms with Gasteiger partial charge in [-0.1, -0.05) is 39.6 Å². The maximum atomic E-state index is 9.02. The zero-order valence-electron chi connectivity index (χ0n) is 20.9. The molecule has 1 aromatic heterocycles. The van der Waals surface area contributed by atoms with E-state index in [1.54, 1.807) is 0 Å². The van der Waals surface area contributed by atoms with Crippen LogP contribution in [-0.4, -0.2) is 30.2 Å². The summed E-state index contributed by atoms with van der Waals surface area (Å²) in [6.45, 7) is 13.3. The van der Waals surface area contributed by atoms with Crippen LogP contribution in [0.3, 0.4) is 0 Å². The Labute approximate surface area is 203 Å². The number of aromatic nitrogens is 2. The lowest BCUT2D eigenvalue weighted by atomic mass is 10.0. The Hall–Kier alpha value is -3.26. The number of hydrogen-bond acceptors (Lipinski definition) is 5. The summed E-state index contributed by atoms with van der Waals surface area (Å²) in [4.78, 5) is 4.40. The van der Waals surface area contributed by atoms with Crippen LogP contribution in [0.25, 0.3) is 10.9 Å². The lowest BCUT2D eigenvalue weighted by Gasteiger charge is -2.15. The van der Waals surface area contributed by atoms with Gasteiger partial charge in [0.25, 0.3) is 0 Å². The number of rotatable bonds is 7. The van der Waals surface area contributed by atoms with E-state index in [9.17, 15) is 0 Å². The van der Waals surface area contributed by atoms with Crippen molar-refractivity contribution in [3.8, 4) is 12.1 Å². The molecule has 3 aromatic rings. The van der Waals surface area contributed by atoms with Gasteiger partial charge in [0.1, 0.15) is 6.73 Å². The molecule has 0 bridgehead atoms. The van der Waals surface area contributed by atoms with Gasteiger partial charge in [0.05, 0.1) is 41.0 Å². The third-order valence-electron chi connectivity index (χ3n) is 5.83. The molecule has 0 spiro atoms. The summed E-state index contributed by atoms with van der Waals surface area (Å²) >= 11 is 0. The van der Waals surface area contributed by atoms with E-state index in [1.807, 2.05) is 41.1 Å². The van der Waals surface area contributed by atoms with Crippen LogP contribution in [0, 0.1) is 22.7 Å². The van der Waals surface area contributed by atoms with Crippen molar-refractivity contribution in [1.82, 2.24) is 9.78 Å². The van der Waals surface area contributed by atoms with Crippen molar-refractivity contribution in [2.45, 2.75) is 65.6 Å². The highest BCUT2D eigenvalue weighted by Crippen LogP contribution is 2.22. The van der Waals surface area contributed by atoms with Crippen molar-refractivity contribution in [2.75, 3.05) is 6.61 Å². The van der Waals surface area contributed by atoms with Gasteiger partial charge in [0.15, 0.2) is 0 Å². The molecule has 0 aliphatic carbocycles. The summed E-state index contributed by atoms with van der Waals surface area (Å²) in [6, 6.07) is 17.0. The number of aryl methyl sites for hydroxylation is 1. The second-order valence-electron chi connectivity index (χ2n) is 9.59. The first-order chi connectivity index (χ1) is 16.3. The molecule has 0 amide bonds. The number of hydrogen-bond donors (Lipinski definition) is 0. The molecular weight excluding hydrogens is 438 g/mol. The second kappa shape index (κ2) is 11.2. The minimum Gasteiger partial charge on any atom is -0.360 e. The molecule has 4 rings (SSSR count). The summed E-state index contributed by atoms with van der Waals surface area (Å²) in [5.74, 6) is 0. The molecule has 1 aliphatic rings. The maximum Gasteiger partial charge on any atom is 0.140 e. The average molecular weight is 472 g/mol. The number of ether oxygens (including phenoxy) is 1. The van der Waals surface area contributed by atoms with E-state index in [2.05, 4.69) is 55.7 Å². The highest BCUT2D eigenvalue weighted by Gasteiger charge is 2.15. The molecule has 1 aliphatic heterocycles. The minimum atomic E-state index is -1.05. The van der Waals surface area contributed by atoms with Gasteiger partial charge in [0, 0.05) is 31.3 Å². The van der Waals surface area contributed by atoms with E-state index >= 15 is 0 Å². The number of fused-ring (bicyclic) bond motifs is 2. The summed E-state index contributed by atoms with van der Waals surface area (Å²) in [7, 11) is -1.05. The predicted molar refractivity (Wildman–Crippen MR) is 140 cm³/mol. The summed E-state index contributed by atoms with van der Waals surface area (Å²) < 4.78 is 7.69. The van der Waals surface area contributed by atoms with Crippen LogP contribution in [0.15, 0.2) is 41.4 Å². The van der Waals surface area contributed by atoms with Crippen molar-refractivity contribution < 1.29 is 4.74 Å². The van der Waals surface area contributed by atoms with Crippen LogP contribution in [0.2, 0.25) is 25.7 Å². The van der Waals surface area contributed by atoms with E-state index in [-0.39, 0.29) is 0 Å². The largest absolute Gasteiger partial charge is 0.360 e. The fraction of sp³-hybridized carbons (Fsp3) is 0.407. The maximum absolute atomic E-state index is 9.02. The smallest absolute Gasteiger partial charge is 0.140 e. The van der Waals surface area contributed by atoms with Gasteiger partial charge in [-0.15, -0.1) is 0 Å². The molecule has 6 nitrogen and oxygen atoms in total. The highest BCUT2D eigenvalue weighted by molar-refractivity contribution is 6.76. The topological polar surface area (TPSA) is 87.0 Å². The Kier molecular flexibility index (Phi) is 8.39. The third kappa shape index (κ3) is 6.20. The van der Waals surface area contributed by atoms with E-state index < -0.39 is 8.07 Å². The van der Waals surface area contributed by atoms with Crippen LogP contribution in [0.5, 0.6) is 0 Å². The molecule has 2 aromatic carbocycles. The summed E-state index contributed by atoms with van der Waals surface area (Å²) in [5.41, 5.74) is 7.01. The molecule has 34 heavy (non-hydrogen) atoms. The minimum absolute atomic E-state index is 0.479. The normalized spacial score (nSPS) is 12.4. The van der Waals surface area contributed by atoms with E-state index in [0.29, 0.717) is 12.3 Å². The van der Waals surface area contributed by atoms with Gasteiger partial charge in [-0.3, -0.25) is 4.99 Å². The molecule has 2 heterocycles. The van der Waals surface area contributed by atoms with E-state index in [0.717, 1.165) is 59.9 Å². The third-order valence-corrected chi connectivity index (χ3v) is 7.53. The Bertz CT molecular complexity index is 1270. The highest BCUT2D eigenvalue weighted by atomic mass is 28.3. The van der Waals surface area contributed by atoms with Crippen molar-refractivity contribution >= 4 is 24.7 Å². The fourth-order valence-corrected chi connectivity index (χ4v) is 4.58. The number of nitrogens with zero attached hydrogens (tertiary/aromatic N) is 5. The van der Waals surface area contributed by atoms with Gasteiger partial charge in [-0.05, 0) is 54.8 Å². The molecule has 176 valence electrons. The Morgan fingerprint density at radius 1 is 1.00 bits per heavy atom. The Morgan fingerprint density at radius 2 is 1.71 bits per heavy atom. The predicted octanol–water partition coefficient (Wildman–Crippen LogP) is 6.05. The number of aliphatic imine (C=N–C) groups is 1. The molecule has 0 fully saturated rings. The van der Waals surface area contributed by atoms with Gasteiger partial charge in [-0.25, -0.2) is 4.68 Å². The lowest BCUT2D eigenvalue weighted by Crippen LogP contribution is -2.22. The fourth-order valence-electron chi connectivity index (χ4n) is 3.82. The van der Waals surface area contributed by atoms with Gasteiger partial charge >= 0.3 is 0 Å². The zero-order valence-corrected chi connectivity index (χ0v) is 21.9. The lowest BCUT2D eigenvalue weighted by molar-refractivity contribution is 0.0814. The molecule has 0 unspecified atom stereocenters. The Balaban J connectivity index is 0.000000212. The first-order valence-corrected chi connectivity index (χ1v) is 15.5. The van der Waals surface area contributed by atoms with Crippen LogP contribution in [0.1, 0.15) is 48.2 Å². The standard InChI is InChI=1S/C16H23N3OSi.C11H10N2/c1-5-15-14-10-13(11-17)6-7-16(14)19(18-15)12-20-8-9-21(2,3)4;1-2-11-10-5-8(6-12)3-4-9(10)7-13-11/h6-7,10H,5,8-9,12H2,1-4H3;3-5H,2,7H2,1H3.